The summed E-state index contributed by atoms with van der Waals surface area (Å²) in [4.78, 5) is 0. The van der Waals surface area contributed by atoms with Gasteiger partial charge in [-0.1, -0.05) is 25.5 Å². The Morgan fingerprint density at radius 1 is 0.707 bits per heavy atom. The first-order chi connectivity index (χ1) is 19.8. The molecule has 0 fully saturated rings. The summed E-state index contributed by atoms with van der Waals surface area (Å²) in [7, 11) is 5.74. The summed E-state index contributed by atoms with van der Waals surface area (Å²) in [5, 5.41) is 53.0. The monoisotopic (exact) mass is 572 g/mol. The Kier molecular flexibility index (Phi) is 11.5. The molecule has 10 heteroatoms. The van der Waals surface area contributed by atoms with E-state index in [1.165, 1.54) is 58.8 Å². The molecule has 5 N–H and O–H groups in total. The number of ether oxygens (including phenoxy) is 5. The van der Waals surface area contributed by atoms with Crippen molar-refractivity contribution in [1.29, 1.82) is 0 Å². The first kappa shape index (κ1) is 31.8. The number of aryl methyl sites for hydroxylation is 1. The van der Waals surface area contributed by atoms with Gasteiger partial charge >= 0.3 is 0 Å². The summed E-state index contributed by atoms with van der Waals surface area (Å²) in [6.07, 6.45) is -1.37. The molecule has 0 aliphatic rings. The molecule has 3 rings (SSSR count). The number of benzene rings is 3. The van der Waals surface area contributed by atoms with Crippen LogP contribution in [-0.4, -0.2) is 73.3 Å². The summed E-state index contributed by atoms with van der Waals surface area (Å²) < 4.78 is 28.2. The number of hydrogen-bond donors (Lipinski definition) is 5. The predicted molar refractivity (Wildman–Crippen MR) is 152 cm³/mol. The summed E-state index contributed by atoms with van der Waals surface area (Å²) in [6.45, 7) is 1.13. The maximum absolute atomic E-state index is 11.4. The van der Waals surface area contributed by atoms with Crippen LogP contribution in [0.1, 0.15) is 53.7 Å². The summed E-state index contributed by atoms with van der Waals surface area (Å²) in [5.41, 5.74) is 2.14. The van der Waals surface area contributed by atoms with Gasteiger partial charge in [-0.15, -0.1) is 0 Å². The number of hydrogen-bond acceptors (Lipinski definition) is 10. The molecule has 4 unspecified atom stereocenters. The molecule has 4 atom stereocenters. The van der Waals surface area contributed by atoms with Crippen LogP contribution in [0.25, 0.3) is 0 Å². The normalized spacial score (nSPS) is 14.1. The van der Waals surface area contributed by atoms with E-state index in [4.69, 9.17) is 23.7 Å². The van der Waals surface area contributed by atoms with Crippen molar-refractivity contribution in [1.82, 2.24) is 0 Å². The number of phenols is 2. The van der Waals surface area contributed by atoms with Gasteiger partial charge in [0.1, 0.15) is 6.10 Å². The van der Waals surface area contributed by atoms with Crippen LogP contribution in [0.4, 0.5) is 0 Å². The average Bonchev–Trinajstić information content (AvgIpc) is 2.98. The van der Waals surface area contributed by atoms with Gasteiger partial charge in [-0.3, -0.25) is 0 Å². The third kappa shape index (κ3) is 7.15. The Hall–Kier alpha value is -3.70. The summed E-state index contributed by atoms with van der Waals surface area (Å²) in [6, 6.07) is 12.9. The molecule has 41 heavy (non-hydrogen) atoms. The lowest BCUT2D eigenvalue weighted by molar-refractivity contribution is -0.0327. The summed E-state index contributed by atoms with van der Waals surface area (Å²) >= 11 is 0. The number of phenolic OH excluding ortho intramolecular Hbond substituents is 2. The lowest BCUT2D eigenvalue weighted by atomic mass is 9.84. The zero-order valence-electron chi connectivity index (χ0n) is 24.0. The largest absolute Gasteiger partial charge is 0.504 e. The maximum atomic E-state index is 11.4. The van der Waals surface area contributed by atoms with Crippen LogP contribution in [0, 0.1) is 0 Å². The molecule has 0 spiro atoms. The molecule has 0 aromatic heterocycles. The van der Waals surface area contributed by atoms with Crippen LogP contribution in [0.5, 0.6) is 34.5 Å². The number of aliphatic hydroxyl groups is 3. The average molecular weight is 573 g/mol. The van der Waals surface area contributed by atoms with Crippen molar-refractivity contribution in [3.8, 4) is 34.5 Å². The second-order valence-corrected chi connectivity index (χ2v) is 9.55. The molecule has 0 aliphatic carbocycles. The first-order valence-electron chi connectivity index (χ1n) is 13.3. The molecule has 0 saturated heterocycles. The zero-order chi connectivity index (χ0) is 30.1. The van der Waals surface area contributed by atoms with Gasteiger partial charge in [-0.25, -0.2) is 0 Å². The van der Waals surface area contributed by atoms with Gasteiger partial charge in [-0.05, 0) is 59.5 Å². The Bertz CT molecular complexity index is 1270. The molecule has 3 aromatic rings. The highest BCUT2D eigenvalue weighted by Gasteiger charge is 2.34. The van der Waals surface area contributed by atoms with Crippen molar-refractivity contribution in [2.75, 3.05) is 41.7 Å². The fourth-order valence-electron chi connectivity index (χ4n) is 4.83. The number of aromatic hydroxyl groups is 2. The van der Waals surface area contributed by atoms with Crippen LogP contribution in [-0.2, 0) is 11.2 Å². The molecule has 10 nitrogen and oxygen atoms in total. The third-order valence-electron chi connectivity index (χ3n) is 7.05. The first-order valence-corrected chi connectivity index (χ1v) is 13.3. The van der Waals surface area contributed by atoms with Gasteiger partial charge in [0.25, 0.3) is 0 Å². The highest BCUT2D eigenvalue weighted by molar-refractivity contribution is 5.51. The molecule has 3 aromatic carbocycles. The molecular formula is C31H40O10. The fraction of sp³-hybridized carbons (Fsp3) is 0.419. The van der Waals surface area contributed by atoms with E-state index in [0.717, 1.165) is 18.4 Å². The zero-order valence-corrected chi connectivity index (χ0v) is 24.0. The lowest BCUT2D eigenvalue weighted by Gasteiger charge is -2.32. The Morgan fingerprint density at radius 3 is 1.98 bits per heavy atom. The van der Waals surface area contributed by atoms with Crippen molar-refractivity contribution >= 4 is 0 Å². The minimum absolute atomic E-state index is 0.106. The van der Waals surface area contributed by atoms with E-state index in [1.807, 2.05) is 12.1 Å². The van der Waals surface area contributed by atoms with Crippen molar-refractivity contribution in [3.05, 3.63) is 70.8 Å². The van der Waals surface area contributed by atoms with Gasteiger partial charge in [0, 0.05) is 18.6 Å². The fourth-order valence-corrected chi connectivity index (χ4v) is 4.83. The molecular weight excluding hydrogens is 532 g/mol. The van der Waals surface area contributed by atoms with E-state index >= 15 is 0 Å². The Labute approximate surface area is 240 Å². The van der Waals surface area contributed by atoms with Gasteiger partial charge in [0.05, 0.1) is 40.6 Å². The van der Waals surface area contributed by atoms with Crippen molar-refractivity contribution in [2.24, 2.45) is 0 Å². The minimum atomic E-state index is -1.29. The lowest BCUT2D eigenvalue weighted by Crippen LogP contribution is -2.31. The second-order valence-electron chi connectivity index (χ2n) is 9.55. The standard InChI is InChI=1S/C31H40O10/c1-6-7-18-8-11-25(28(12-18)39-4)41-31(29(17-33)40-5)21-15-27(38-3)24(35)14-20(21)22(16-32)30(36)19-9-10-23(34)26(13-19)37-2/h8-15,22,29-36H,6-7,16-17H2,1-5H3. The van der Waals surface area contributed by atoms with Crippen LogP contribution in [0.3, 0.4) is 0 Å². The molecule has 0 aliphatic heterocycles. The second kappa shape index (κ2) is 14.8. The molecule has 0 radical (unpaired) electrons. The highest BCUT2D eigenvalue weighted by Crippen LogP contribution is 2.44. The highest BCUT2D eigenvalue weighted by atomic mass is 16.6. The topological polar surface area (TPSA) is 147 Å². The van der Waals surface area contributed by atoms with Crippen molar-refractivity contribution < 1.29 is 49.2 Å². The third-order valence-corrected chi connectivity index (χ3v) is 7.05. The van der Waals surface area contributed by atoms with Gasteiger partial charge < -0.3 is 49.2 Å². The Balaban J connectivity index is 2.19. The van der Waals surface area contributed by atoms with E-state index in [9.17, 15) is 25.5 Å². The van der Waals surface area contributed by atoms with Gasteiger partial charge in [-0.2, -0.15) is 0 Å². The summed E-state index contributed by atoms with van der Waals surface area (Å²) in [5.74, 6) is -0.176. The van der Waals surface area contributed by atoms with E-state index in [1.54, 1.807) is 6.07 Å². The van der Waals surface area contributed by atoms with E-state index < -0.39 is 37.4 Å². The molecule has 0 amide bonds. The smallest absolute Gasteiger partial charge is 0.162 e. The van der Waals surface area contributed by atoms with Crippen molar-refractivity contribution in [3.63, 3.8) is 0 Å². The van der Waals surface area contributed by atoms with Crippen molar-refractivity contribution in [2.45, 2.75) is 44.0 Å². The Morgan fingerprint density at radius 2 is 1.39 bits per heavy atom. The van der Waals surface area contributed by atoms with Crippen LogP contribution in [0.15, 0.2) is 48.5 Å². The predicted octanol–water partition coefficient (Wildman–Crippen LogP) is 4.01. The number of rotatable bonds is 15. The quantitative estimate of drug-likeness (QED) is 0.181. The maximum Gasteiger partial charge on any atom is 0.162 e. The minimum Gasteiger partial charge on any atom is -0.504 e. The molecule has 0 saturated carbocycles. The molecule has 224 valence electrons. The van der Waals surface area contributed by atoms with Gasteiger partial charge in [0.15, 0.2) is 40.6 Å². The van der Waals surface area contributed by atoms with Crippen LogP contribution < -0.4 is 18.9 Å². The van der Waals surface area contributed by atoms with Crippen LogP contribution >= 0.6 is 0 Å². The van der Waals surface area contributed by atoms with Gasteiger partial charge in [0.2, 0.25) is 0 Å². The number of aliphatic hydroxyl groups excluding tert-OH is 3. The molecule has 0 bridgehead atoms. The molecule has 0 heterocycles. The van der Waals surface area contributed by atoms with Crippen LogP contribution in [0.2, 0.25) is 0 Å². The van der Waals surface area contributed by atoms with E-state index in [-0.39, 0.29) is 23.0 Å². The number of methoxy groups -OCH3 is 4. The van der Waals surface area contributed by atoms with E-state index in [0.29, 0.717) is 28.2 Å². The van der Waals surface area contributed by atoms with E-state index in [2.05, 4.69) is 6.92 Å². The SMILES string of the molecule is CCCc1ccc(OC(c2cc(OC)c(O)cc2C(CO)C(O)c2ccc(O)c(OC)c2)C(CO)OC)c(OC)c1.